The minimum Gasteiger partial charge on any atom is -0.439 e. The lowest BCUT2D eigenvalue weighted by molar-refractivity contribution is 0.112. The van der Waals surface area contributed by atoms with E-state index in [1.54, 1.807) is 25.2 Å². The van der Waals surface area contributed by atoms with Gasteiger partial charge in [0.2, 0.25) is 11.3 Å². The van der Waals surface area contributed by atoms with Gasteiger partial charge < -0.3 is 18.8 Å². The number of hydrogen-bond acceptors (Lipinski definition) is 6. The highest BCUT2D eigenvalue weighted by atomic mass is 16.5. The molecule has 0 saturated carbocycles. The molecule has 0 radical (unpaired) electrons. The van der Waals surface area contributed by atoms with Gasteiger partial charge in [-0.3, -0.25) is 9.59 Å². The first kappa shape index (κ1) is 18.1. The first-order valence-corrected chi connectivity index (χ1v) is 8.37. The van der Waals surface area contributed by atoms with Crippen LogP contribution in [-0.2, 0) is 9.47 Å². The second kappa shape index (κ2) is 8.12. The number of carbonyl (C=O) groups is 1. The average Bonchev–Trinajstić information content (AvgIpc) is 2.67. The molecule has 3 rings (SSSR count). The number of rotatable bonds is 8. The highest BCUT2D eigenvalue weighted by Crippen LogP contribution is 2.28. The van der Waals surface area contributed by atoms with Crippen LogP contribution in [0.3, 0.4) is 0 Å². The Balaban J connectivity index is 2.23. The van der Waals surface area contributed by atoms with E-state index in [4.69, 9.17) is 13.9 Å². The van der Waals surface area contributed by atoms with E-state index in [2.05, 4.69) is 0 Å². The molecule has 136 valence electrons. The average molecular weight is 355 g/mol. The van der Waals surface area contributed by atoms with E-state index in [-0.39, 0.29) is 16.9 Å². The molecule has 0 amide bonds. The van der Waals surface area contributed by atoms with Crippen LogP contribution in [0.4, 0.5) is 5.88 Å². The maximum Gasteiger partial charge on any atom is 0.210 e. The van der Waals surface area contributed by atoms with E-state index in [0.717, 1.165) is 10.8 Å². The maximum absolute atomic E-state index is 13.1. The van der Waals surface area contributed by atoms with E-state index in [1.165, 1.54) is 0 Å². The highest BCUT2D eigenvalue weighted by Gasteiger charge is 2.20. The van der Waals surface area contributed by atoms with Crippen LogP contribution in [-0.4, -0.2) is 46.8 Å². The molecule has 6 nitrogen and oxygen atoms in total. The summed E-state index contributed by atoms with van der Waals surface area (Å²) in [6.45, 7) is 1.81. The maximum atomic E-state index is 13.1. The van der Waals surface area contributed by atoms with Crippen molar-refractivity contribution in [3.8, 4) is 0 Å². The van der Waals surface area contributed by atoms with E-state index < -0.39 is 0 Å². The second-order valence-corrected chi connectivity index (χ2v) is 5.90. The third-order valence-electron chi connectivity index (χ3n) is 4.34. The van der Waals surface area contributed by atoms with Crippen molar-refractivity contribution < 1.29 is 18.7 Å². The quantitative estimate of drug-likeness (QED) is 0.457. The zero-order valence-corrected chi connectivity index (χ0v) is 14.9. The number of carbonyl (C=O) groups excluding carboxylic acids is 1. The Kier molecular flexibility index (Phi) is 5.65. The van der Waals surface area contributed by atoms with Crippen molar-refractivity contribution in [2.75, 3.05) is 45.4 Å². The van der Waals surface area contributed by atoms with Crippen LogP contribution in [0.5, 0.6) is 0 Å². The molecule has 0 saturated heterocycles. The summed E-state index contributed by atoms with van der Waals surface area (Å²) in [4.78, 5) is 26.6. The summed E-state index contributed by atoms with van der Waals surface area (Å²) in [5, 5.41) is 2.12. The molecular weight excluding hydrogens is 334 g/mol. The molecule has 1 heterocycles. The zero-order valence-electron chi connectivity index (χ0n) is 14.9. The summed E-state index contributed by atoms with van der Waals surface area (Å²) in [7, 11) is 3.19. The van der Waals surface area contributed by atoms with Gasteiger partial charge >= 0.3 is 0 Å². The molecular formula is C20H21NO5. The molecule has 26 heavy (non-hydrogen) atoms. The van der Waals surface area contributed by atoms with Crippen molar-refractivity contribution in [3.05, 3.63) is 52.2 Å². The molecule has 2 aromatic carbocycles. The van der Waals surface area contributed by atoms with Gasteiger partial charge in [-0.05, 0) is 16.8 Å². The number of anilines is 1. The van der Waals surface area contributed by atoms with Crippen molar-refractivity contribution >= 4 is 33.9 Å². The molecule has 0 spiro atoms. The van der Waals surface area contributed by atoms with E-state index in [1.807, 2.05) is 30.3 Å². The van der Waals surface area contributed by atoms with Gasteiger partial charge in [0.1, 0.15) is 11.1 Å². The van der Waals surface area contributed by atoms with Crippen molar-refractivity contribution in [1.29, 1.82) is 0 Å². The SMILES string of the molecule is COCCN(CCOC)c1oc2ccc3ccccc3c2c(=O)c1C=O. The number of ether oxygens (including phenoxy) is 2. The van der Waals surface area contributed by atoms with Crippen molar-refractivity contribution in [3.63, 3.8) is 0 Å². The van der Waals surface area contributed by atoms with Gasteiger partial charge in [-0.25, -0.2) is 0 Å². The molecule has 0 aliphatic heterocycles. The Bertz CT molecular complexity index is 971. The van der Waals surface area contributed by atoms with Crippen molar-refractivity contribution in [2.24, 2.45) is 0 Å². The number of aldehydes is 1. The predicted octanol–water partition coefficient (Wildman–Crippen LogP) is 2.86. The molecule has 6 heteroatoms. The number of nitrogens with zero attached hydrogens (tertiary/aromatic N) is 1. The van der Waals surface area contributed by atoms with Crippen LogP contribution < -0.4 is 10.3 Å². The van der Waals surface area contributed by atoms with E-state index in [9.17, 15) is 9.59 Å². The first-order chi connectivity index (χ1) is 12.7. The highest BCUT2D eigenvalue weighted by molar-refractivity contribution is 6.07. The molecule has 0 atom stereocenters. The molecule has 0 aliphatic carbocycles. The Morgan fingerprint density at radius 3 is 2.38 bits per heavy atom. The van der Waals surface area contributed by atoms with Crippen LogP contribution in [0, 0.1) is 0 Å². The van der Waals surface area contributed by atoms with Crippen LogP contribution >= 0.6 is 0 Å². The number of methoxy groups -OCH3 is 2. The fourth-order valence-electron chi connectivity index (χ4n) is 3.02. The van der Waals surface area contributed by atoms with Gasteiger partial charge in [-0.15, -0.1) is 0 Å². The zero-order chi connectivity index (χ0) is 18.5. The first-order valence-electron chi connectivity index (χ1n) is 8.37. The van der Waals surface area contributed by atoms with Crippen molar-refractivity contribution in [1.82, 2.24) is 0 Å². The largest absolute Gasteiger partial charge is 0.439 e. The van der Waals surface area contributed by atoms with E-state index >= 15 is 0 Å². The number of hydrogen-bond donors (Lipinski definition) is 0. The van der Waals surface area contributed by atoms with Crippen LogP contribution in [0.25, 0.3) is 21.7 Å². The Hall–Kier alpha value is -2.70. The van der Waals surface area contributed by atoms with Gasteiger partial charge in [0.05, 0.1) is 18.6 Å². The fraction of sp³-hybridized carbons (Fsp3) is 0.300. The third-order valence-corrected chi connectivity index (χ3v) is 4.34. The predicted molar refractivity (Wildman–Crippen MR) is 101 cm³/mol. The van der Waals surface area contributed by atoms with Gasteiger partial charge in [-0.2, -0.15) is 0 Å². The van der Waals surface area contributed by atoms with E-state index in [0.29, 0.717) is 43.6 Å². The Morgan fingerprint density at radius 1 is 1.04 bits per heavy atom. The molecule has 0 fully saturated rings. The number of fused-ring (bicyclic) bond motifs is 3. The van der Waals surface area contributed by atoms with Crippen LogP contribution in [0.15, 0.2) is 45.6 Å². The third kappa shape index (κ3) is 3.34. The summed E-state index contributed by atoms with van der Waals surface area (Å²) in [5.41, 5.74) is 0.142. The van der Waals surface area contributed by atoms with Crippen LogP contribution in [0.1, 0.15) is 10.4 Å². The fourth-order valence-corrected chi connectivity index (χ4v) is 3.02. The minimum atomic E-state index is -0.326. The topological polar surface area (TPSA) is 69.0 Å². The summed E-state index contributed by atoms with van der Waals surface area (Å²) in [6.07, 6.45) is 0.564. The molecule has 3 aromatic rings. The minimum absolute atomic E-state index is 0.0149. The lowest BCUT2D eigenvalue weighted by Gasteiger charge is -2.24. The second-order valence-electron chi connectivity index (χ2n) is 5.90. The molecule has 0 unspecified atom stereocenters. The summed E-state index contributed by atoms with van der Waals surface area (Å²) in [6, 6.07) is 11.2. The van der Waals surface area contributed by atoms with Gasteiger partial charge in [-0.1, -0.05) is 30.3 Å². The normalized spacial score (nSPS) is 11.2. The van der Waals surface area contributed by atoms with Gasteiger partial charge in [0.15, 0.2) is 6.29 Å². The Morgan fingerprint density at radius 2 is 1.73 bits per heavy atom. The summed E-state index contributed by atoms with van der Waals surface area (Å²) in [5.74, 6) is 0.252. The summed E-state index contributed by atoms with van der Waals surface area (Å²) < 4.78 is 16.3. The number of benzene rings is 2. The van der Waals surface area contributed by atoms with Gasteiger partial charge in [0, 0.05) is 27.3 Å². The molecule has 1 aromatic heterocycles. The van der Waals surface area contributed by atoms with Crippen molar-refractivity contribution in [2.45, 2.75) is 0 Å². The monoisotopic (exact) mass is 355 g/mol. The lowest BCUT2D eigenvalue weighted by Crippen LogP contribution is -2.33. The molecule has 0 aliphatic rings. The molecule has 0 N–H and O–H groups in total. The Labute approximate surface area is 150 Å². The van der Waals surface area contributed by atoms with Crippen LogP contribution in [0.2, 0.25) is 0 Å². The molecule has 0 bridgehead atoms. The smallest absolute Gasteiger partial charge is 0.210 e. The summed E-state index contributed by atoms with van der Waals surface area (Å²) >= 11 is 0. The lowest BCUT2D eigenvalue weighted by atomic mass is 10.0. The standard InChI is InChI=1S/C20H21NO5/c1-24-11-9-21(10-12-25-2)20-16(13-22)19(23)18-15-6-4-3-5-14(15)7-8-17(18)26-20/h3-8,13H,9-12H2,1-2H3. The van der Waals surface area contributed by atoms with Gasteiger partial charge in [0.25, 0.3) is 0 Å².